The molecule has 0 bridgehead atoms. The first-order chi connectivity index (χ1) is 18.6. The number of aromatic amines is 1. The van der Waals surface area contributed by atoms with E-state index in [1.165, 1.54) is 12.4 Å². The summed E-state index contributed by atoms with van der Waals surface area (Å²) in [6.07, 6.45) is -1.84. The topological polar surface area (TPSA) is 148 Å². The van der Waals surface area contributed by atoms with Gasteiger partial charge in [-0.05, 0) is 24.3 Å². The van der Waals surface area contributed by atoms with E-state index in [9.17, 15) is 32.3 Å². The molecule has 16 heteroatoms. The Morgan fingerprint density at radius 3 is 2.79 bits per heavy atom. The highest BCUT2D eigenvalue weighted by atomic mass is 32.1. The highest BCUT2D eigenvalue weighted by molar-refractivity contribution is 7.19. The zero-order valence-corrected chi connectivity index (χ0v) is 20.7. The van der Waals surface area contributed by atoms with Gasteiger partial charge in [0.05, 0.1) is 51.6 Å². The minimum Gasteiger partial charge on any atom is -0.394 e. The van der Waals surface area contributed by atoms with E-state index in [2.05, 4.69) is 30.8 Å². The molecule has 1 fully saturated rings. The Labute approximate surface area is 221 Å². The number of nitrogens with one attached hydrogen (secondary N) is 4. The van der Waals surface area contributed by atoms with E-state index < -0.39 is 35.3 Å². The number of pyridine rings is 1. The summed E-state index contributed by atoms with van der Waals surface area (Å²) in [6, 6.07) is 1.83. The van der Waals surface area contributed by atoms with Crippen molar-refractivity contribution in [2.45, 2.75) is 12.2 Å². The number of carbonyl (C=O) groups is 2. The summed E-state index contributed by atoms with van der Waals surface area (Å²) in [6.45, 7) is 1.22. The molecule has 4 heterocycles. The molecule has 1 aliphatic rings. The van der Waals surface area contributed by atoms with Crippen molar-refractivity contribution in [3.63, 3.8) is 0 Å². The summed E-state index contributed by atoms with van der Waals surface area (Å²) in [4.78, 5) is 36.4. The first-order valence-electron chi connectivity index (χ1n) is 11.5. The number of aliphatic hydroxyl groups is 1. The third-order valence-corrected chi connectivity index (χ3v) is 6.93. The number of nitrogens with zero attached hydrogens (tertiary/aromatic N) is 4. The summed E-state index contributed by atoms with van der Waals surface area (Å²) < 4.78 is 52.8. The van der Waals surface area contributed by atoms with E-state index in [0.717, 1.165) is 11.3 Å². The van der Waals surface area contributed by atoms with Gasteiger partial charge in [-0.15, -0.1) is 0 Å². The lowest BCUT2D eigenvalue weighted by molar-refractivity contribution is -0.137. The number of amides is 3. The number of hydrogen-bond acceptors (Lipinski definition) is 8. The van der Waals surface area contributed by atoms with E-state index >= 15 is 0 Å². The molecule has 3 aromatic heterocycles. The Morgan fingerprint density at radius 1 is 1.21 bits per heavy atom. The van der Waals surface area contributed by atoms with Crippen LogP contribution in [-0.2, 0) is 6.18 Å². The fourth-order valence-corrected chi connectivity index (χ4v) is 4.85. The number of halogens is 4. The van der Waals surface area contributed by atoms with Crippen LogP contribution in [0, 0.1) is 5.82 Å². The zero-order chi connectivity index (χ0) is 27.7. The second-order valence-corrected chi connectivity index (χ2v) is 9.56. The Morgan fingerprint density at radius 2 is 2.03 bits per heavy atom. The summed E-state index contributed by atoms with van der Waals surface area (Å²) >= 11 is 0.980. The molecule has 0 saturated carbocycles. The number of urea groups is 1. The van der Waals surface area contributed by atoms with Gasteiger partial charge < -0.3 is 20.6 Å². The lowest BCUT2D eigenvalue weighted by Gasteiger charge is -2.35. The lowest BCUT2D eigenvalue weighted by atomic mass is 10.1. The van der Waals surface area contributed by atoms with Gasteiger partial charge in [-0.1, -0.05) is 11.3 Å². The minimum absolute atomic E-state index is 0.0525. The number of anilines is 2. The van der Waals surface area contributed by atoms with Gasteiger partial charge in [0.1, 0.15) is 5.82 Å². The fourth-order valence-electron chi connectivity index (χ4n) is 4.08. The van der Waals surface area contributed by atoms with Gasteiger partial charge in [-0.25, -0.2) is 19.2 Å². The Hall–Kier alpha value is -4.15. The van der Waals surface area contributed by atoms with Crippen molar-refractivity contribution in [3.8, 4) is 10.6 Å². The lowest BCUT2D eigenvalue weighted by Crippen LogP contribution is -2.55. The molecule has 4 aromatic rings. The molecular weight excluding hydrogens is 544 g/mol. The molecule has 11 nitrogen and oxygen atoms in total. The second kappa shape index (κ2) is 10.5. The maximum absolute atomic E-state index is 14.0. The van der Waals surface area contributed by atoms with Gasteiger partial charge in [0.2, 0.25) is 0 Å². The van der Waals surface area contributed by atoms with Crippen molar-refractivity contribution >= 4 is 45.1 Å². The molecule has 5 rings (SSSR count). The average molecular weight is 565 g/mol. The zero-order valence-electron chi connectivity index (χ0n) is 19.8. The van der Waals surface area contributed by atoms with E-state index in [1.54, 1.807) is 11.0 Å². The maximum Gasteiger partial charge on any atom is 0.416 e. The maximum atomic E-state index is 14.0. The average Bonchev–Trinajstić information content (AvgIpc) is 3.58. The highest BCUT2D eigenvalue weighted by Gasteiger charge is 2.32. The normalized spacial score (nSPS) is 15.9. The third-order valence-electron chi connectivity index (χ3n) is 6.00. The molecule has 0 spiro atoms. The van der Waals surface area contributed by atoms with Crippen LogP contribution in [0.3, 0.4) is 0 Å². The standard InChI is InChI=1S/C23H20F4N8O3S/c24-15-2-1-11(23(25,26)27)5-16(15)32-21(38)33-22-29-9-18(39-22)17-6-13(14-8-30-34-19(14)31-17)20(37)35-4-3-28-7-12(35)10-36/h1-2,5-6,8-9,12,28,36H,3-4,7,10H2,(H,30,31,34)(H2,29,32,33,38). The van der Waals surface area contributed by atoms with Crippen molar-refractivity contribution in [2.24, 2.45) is 0 Å². The third kappa shape index (κ3) is 5.52. The summed E-state index contributed by atoms with van der Waals surface area (Å²) in [7, 11) is 0. The number of rotatable bonds is 5. The van der Waals surface area contributed by atoms with Crippen molar-refractivity contribution < 1.29 is 32.3 Å². The number of aliphatic hydroxyl groups excluding tert-OH is 1. The predicted octanol–water partition coefficient (Wildman–Crippen LogP) is 3.29. The van der Waals surface area contributed by atoms with Crippen LogP contribution in [0.25, 0.3) is 21.6 Å². The summed E-state index contributed by atoms with van der Waals surface area (Å²) in [5.74, 6) is -1.35. The largest absolute Gasteiger partial charge is 0.416 e. The quantitative estimate of drug-likeness (QED) is 0.234. The molecule has 204 valence electrons. The van der Waals surface area contributed by atoms with Gasteiger partial charge in [0.15, 0.2) is 10.8 Å². The van der Waals surface area contributed by atoms with Crippen LogP contribution in [0.1, 0.15) is 15.9 Å². The molecule has 39 heavy (non-hydrogen) atoms. The SMILES string of the molecule is O=C(Nc1ncc(-c2cc(C(=O)N3CCNCC3CO)c3cn[nH]c3n2)s1)Nc1cc(C(F)(F)F)ccc1F. The van der Waals surface area contributed by atoms with Gasteiger partial charge in [0.25, 0.3) is 5.91 Å². The Bertz CT molecular complexity index is 1540. The van der Waals surface area contributed by atoms with Gasteiger partial charge >= 0.3 is 12.2 Å². The monoisotopic (exact) mass is 564 g/mol. The van der Waals surface area contributed by atoms with E-state index in [1.807, 2.05) is 5.32 Å². The molecule has 1 unspecified atom stereocenters. The minimum atomic E-state index is -4.71. The van der Waals surface area contributed by atoms with E-state index in [-0.39, 0.29) is 17.6 Å². The number of piperazine rings is 1. The van der Waals surface area contributed by atoms with Crippen LogP contribution < -0.4 is 16.0 Å². The number of hydrogen-bond donors (Lipinski definition) is 5. The molecule has 0 aliphatic carbocycles. The number of fused-ring (bicyclic) bond motifs is 1. The van der Waals surface area contributed by atoms with Crippen molar-refractivity contribution in [2.75, 3.05) is 36.9 Å². The number of aromatic nitrogens is 4. The molecule has 1 aliphatic heterocycles. The molecule has 0 radical (unpaired) electrons. The molecule has 1 atom stereocenters. The van der Waals surface area contributed by atoms with Gasteiger partial charge in [0, 0.05) is 25.8 Å². The number of thiazole rings is 1. The predicted molar refractivity (Wildman–Crippen MR) is 134 cm³/mol. The first-order valence-corrected chi connectivity index (χ1v) is 12.3. The van der Waals surface area contributed by atoms with Crippen molar-refractivity contribution in [1.82, 2.24) is 30.4 Å². The van der Waals surface area contributed by atoms with Crippen LogP contribution in [0.15, 0.2) is 36.7 Å². The van der Waals surface area contributed by atoms with Crippen LogP contribution in [0.4, 0.5) is 33.2 Å². The summed E-state index contributed by atoms with van der Waals surface area (Å²) in [5, 5.41) is 24.5. The summed E-state index contributed by atoms with van der Waals surface area (Å²) in [5.41, 5.74) is -0.771. The van der Waals surface area contributed by atoms with Gasteiger partial charge in [-0.2, -0.15) is 18.3 Å². The van der Waals surface area contributed by atoms with Crippen LogP contribution in [0.5, 0.6) is 0 Å². The molecule has 3 amide bonds. The molecule has 1 aromatic carbocycles. The Kier molecular flexibility index (Phi) is 7.16. The number of benzene rings is 1. The number of H-pyrrole nitrogens is 1. The van der Waals surface area contributed by atoms with E-state index in [4.69, 9.17) is 0 Å². The van der Waals surface area contributed by atoms with E-state index in [0.29, 0.717) is 65.0 Å². The fraction of sp³-hybridized carbons (Fsp3) is 0.261. The second-order valence-electron chi connectivity index (χ2n) is 8.53. The first kappa shape index (κ1) is 26.5. The van der Waals surface area contributed by atoms with Crippen molar-refractivity contribution in [1.29, 1.82) is 0 Å². The van der Waals surface area contributed by atoms with Gasteiger partial charge in [-0.3, -0.25) is 15.2 Å². The number of carbonyl (C=O) groups excluding carboxylic acids is 2. The highest BCUT2D eigenvalue weighted by Crippen LogP contribution is 2.33. The van der Waals surface area contributed by atoms with Crippen molar-refractivity contribution in [3.05, 3.63) is 53.6 Å². The smallest absolute Gasteiger partial charge is 0.394 e. The van der Waals surface area contributed by atoms with Crippen LogP contribution in [0.2, 0.25) is 0 Å². The van der Waals surface area contributed by atoms with Crippen LogP contribution in [-0.4, -0.2) is 74.4 Å². The number of alkyl halides is 3. The molecular formula is C23H20F4N8O3S. The molecule has 1 saturated heterocycles. The Balaban J connectivity index is 1.37. The molecule has 5 N–H and O–H groups in total. The van der Waals surface area contributed by atoms with Crippen LogP contribution >= 0.6 is 11.3 Å².